The van der Waals surface area contributed by atoms with Crippen LogP contribution in [0.1, 0.15) is 16.7 Å². The first-order valence-corrected chi connectivity index (χ1v) is 7.95. The van der Waals surface area contributed by atoms with E-state index in [2.05, 4.69) is 10.3 Å². The zero-order valence-corrected chi connectivity index (χ0v) is 13.6. The first-order valence-electron chi connectivity index (χ1n) is 7.14. The number of hydrogen-bond acceptors (Lipinski definition) is 3. The number of aliphatic imine (C=N–C) groups is 1. The number of thioether (sulfide) groups is 1. The Morgan fingerprint density at radius 1 is 1.13 bits per heavy atom. The van der Waals surface area contributed by atoms with Crippen molar-refractivity contribution in [3.63, 3.8) is 0 Å². The molecule has 2 aromatic carbocycles. The number of hydrogen-bond donors (Lipinski definition) is 1. The van der Waals surface area contributed by atoms with Crippen molar-refractivity contribution in [2.45, 2.75) is 13.8 Å². The van der Waals surface area contributed by atoms with E-state index < -0.39 is 0 Å². The highest BCUT2D eigenvalue weighted by Gasteiger charge is 2.23. The van der Waals surface area contributed by atoms with Gasteiger partial charge in [-0.25, -0.2) is 9.38 Å². The Morgan fingerprint density at radius 3 is 2.61 bits per heavy atom. The summed E-state index contributed by atoms with van der Waals surface area (Å²) in [4.78, 5) is 17.1. The highest BCUT2D eigenvalue weighted by Crippen LogP contribution is 2.29. The summed E-state index contributed by atoms with van der Waals surface area (Å²) in [5, 5.41) is 3.32. The number of nitrogens with zero attached hydrogens (tertiary/aromatic N) is 1. The molecule has 1 saturated heterocycles. The van der Waals surface area contributed by atoms with Gasteiger partial charge in [0.1, 0.15) is 5.82 Å². The number of amidine groups is 1. The van der Waals surface area contributed by atoms with Gasteiger partial charge in [-0.3, -0.25) is 4.79 Å². The number of halogens is 1. The molecule has 0 radical (unpaired) electrons. The van der Waals surface area contributed by atoms with Crippen molar-refractivity contribution in [2.75, 3.05) is 0 Å². The fourth-order valence-electron chi connectivity index (χ4n) is 2.14. The average Bonchev–Trinajstić information content (AvgIpc) is 2.85. The SMILES string of the molecule is Cc1ccc(C)c(N=C2NC(=O)/C(=C/c3ccc(F)cc3)S2)c1. The van der Waals surface area contributed by atoms with E-state index in [1.165, 1.54) is 23.9 Å². The summed E-state index contributed by atoms with van der Waals surface area (Å²) < 4.78 is 12.9. The number of carbonyl (C=O) groups is 1. The van der Waals surface area contributed by atoms with Gasteiger partial charge in [0, 0.05) is 0 Å². The maximum Gasteiger partial charge on any atom is 0.264 e. The van der Waals surface area contributed by atoms with Gasteiger partial charge < -0.3 is 5.32 Å². The molecule has 0 aromatic heterocycles. The van der Waals surface area contributed by atoms with Gasteiger partial charge >= 0.3 is 0 Å². The lowest BCUT2D eigenvalue weighted by molar-refractivity contribution is -0.115. The Hall–Kier alpha value is -2.40. The van der Waals surface area contributed by atoms with E-state index in [4.69, 9.17) is 0 Å². The van der Waals surface area contributed by atoms with E-state index in [1.54, 1.807) is 18.2 Å². The van der Waals surface area contributed by atoms with E-state index in [0.29, 0.717) is 10.1 Å². The molecular formula is C18H15FN2OS. The first-order chi connectivity index (χ1) is 11.0. The molecule has 3 rings (SSSR count). The van der Waals surface area contributed by atoms with Crippen molar-refractivity contribution in [3.05, 3.63) is 69.9 Å². The molecule has 1 aliphatic rings. The molecule has 0 atom stereocenters. The molecule has 3 nitrogen and oxygen atoms in total. The van der Waals surface area contributed by atoms with Gasteiger partial charge in [0.15, 0.2) is 5.17 Å². The predicted octanol–water partition coefficient (Wildman–Crippen LogP) is 4.33. The molecule has 1 fully saturated rings. The quantitative estimate of drug-likeness (QED) is 0.834. The largest absolute Gasteiger partial charge is 0.300 e. The lowest BCUT2D eigenvalue weighted by Crippen LogP contribution is -2.19. The van der Waals surface area contributed by atoms with Crippen molar-refractivity contribution in [1.82, 2.24) is 5.32 Å². The molecule has 0 bridgehead atoms. The smallest absolute Gasteiger partial charge is 0.264 e. The third-order valence-electron chi connectivity index (χ3n) is 3.41. The van der Waals surface area contributed by atoms with E-state index >= 15 is 0 Å². The van der Waals surface area contributed by atoms with Gasteiger partial charge in [-0.15, -0.1) is 0 Å². The molecular weight excluding hydrogens is 311 g/mol. The standard InChI is InChI=1S/C18H15FN2OS/c1-11-3-4-12(2)15(9-11)20-18-21-17(22)16(23-18)10-13-5-7-14(19)8-6-13/h3-10H,1-2H3,(H,20,21,22)/b16-10-. The Kier molecular flexibility index (Phi) is 4.30. The molecule has 23 heavy (non-hydrogen) atoms. The fourth-order valence-corrected chi connectivity index (χ4v) is 2.97. The molecule has 116 valence electrons. The number of carbonyl (C=O) groups excluding carboxylic acids is 1. The van der Waals surface area contributed by atoms with Crippen LogP contribution in [-0.2, 0) is 4.79 Å². The normalized spacial score (nSPS) is 17.8. The molecule has 1 heterocycles. The molecule has 0 unspecified atom stereocenters. The summed E-state index contributed by atoms with van der Waals surface area (Å²) in [6.07, 6.45) is 1.73. The van der Waals surface area contributed by atoms with Crippen LogP contribution in [0.5, 0.6) is 0 Å². The zero-order valence-electron chi connectivity index (χ0n) is 12.8. The van der Waals surface area contributed by atoms with Crippen molar-refractivity contribution in [2.24, 2.45) is 4.99 Å². The molecule has 1 aliphatic heterocycles. The van der Waals surface area contributed by atoms with Gasteiger partial charge in [0.05, 0.1) is 10.6 Å². The second kappa shape index (κ2) is 6.38. The molecule has 1 amide bonds. The van der Waals surface area contributed by atoms with Crippen molar-refractivity contribution >= 4 is 34.6 Å². The first kappa shape index (κ1) is 15.5. The van der Waals surface area contributed by atoms with Crippen molar-refractivity contribution < 1.29 is 9.18 Å². The van der Waals surface area contributed by atoms with E-state index in [0.717, 1.165) is 22.4 Å². The third kappa shape index (κ3) is 3.68. The minimum atomic E-state index is -0.298. The van der Waals surface area contributed by atoms with Crippen LogP contribution in [0.25, 0.3) is 6.08 Å². The Balaban J connectivity index is 1.86. The summed E-state index contributed by atoms with van der Waals surface area (Å²) in [5.74, 6) is -0.490. The Bertz CT molecular complexity index is 825. The number of benzene rings is 2. The van der Waals surface area contributed by atoms with Crippen LogP contribution in [0.15, 0.2) is 52.4 Å². The van der Waals surface area contributed by atoms with E-state index in [9.17, 15) is 9.18 Å². The number of aryl methyl sites for hydroxylation is 2. The molecule has 0 saturated carbocycles. The summed E-state index contributed by atoms with van der Waals surface area (Å²) in [7, 11) is 0. The predicted molar refractivity (Wildman–Crippen MR) is 93.1 cm³/mol. The van der Waals surface area contributed by atoms with Crippen molar-refractivity contribution in [3.8, 4) is 0 Å². The molecule has 2 aromatic rings. The summed E-state index contributed by atoms with van der Waals surface area (Å²) in [6, 6.07) is 12.0. The minimum Gasteiger partial charge on any atom is -0.300 e. The van der Waals surface area contributed by atoms with Gasteiger partial charge in [0.2, 0.25) is 0 Å². The van der Waals surface area contributed by atoms with Crippen LogP contribution in [0.3, 0.4) is 0 Å². The minimum absolute atomic E-state index is 0.191. The van der Waals surface area contributed by atoms with Crippen molar-refractivity contribution in [1.29, 1.82) is 0 Å². The Morgan fingerprint density at radius 2 is 1.87 bits per heavy atom. The van der Waals surface area contributed by atoms with Crippen LogP contribution in [-0.4, -0.2) is 11.1 Å². The van der Waals surface area contributed by atoms with Gasteiger partial charge in [0.25, 0.3) is 5.91 Å². The van der Waals surface area contributed by atoms with E-state index in [1.807, 2.05) is 32.0 Å². The molecule has 5 heteroatoms. The summed E-state index contributed by atoms with van der Waals surface area (Å²) in [6.45, 7) is 3.99. The number of nitrogens with one attached hydrogen (secondary N) is 1. The lowest BCUT2D eigenvalue weighted by Gasteiger charge is -2.02. The van der Waals surface area contributed by atoms with Crippen LogP contribution >= 0.6 is 11.8 Å². The monoisotopic (exact) mass is 326 g/mol. The van der Waals surface area contributed by atoms with Crippen LogP contribution in [0.4, 0.5) is 10.1 Å². The van der Waals surface area contributed by atoms with Crippen LogP contribution in [0, 0.1) is 19.7 Å². The number of rotatable bonds is 2. The average molecular weight is 326 g/mol. The van der Waals surface area contributed by atoms with Gasteiger partial charge in [-0.1, -0.05) is 24.3 Å². The summed E-state index contributed by atoms with van der Waals surface area (Å²) >= 11 is 1.28. The molecule has 0 aliphatic carbocycles. The third-order valence-corrected chi connectivity index (χ3v) is 4.32. The van der Waals surface area contributed by atoms with Crippen LogP contribution in [0.2, 0.25) is 0 Å². The maximum atomic E-state index is 12.9. The molecule has 0 spiro atoms. The maximum absolute atomic E-state index is 12.9. The molecule has 1 N–H and O–H groups in total. The lowest BCUT2D eigenvalue weighted by atomic mass is 10.1. The number of amides is 1. The van der Waals surface area contributed by atoms with Crippen LogP contribution < -0.4 is 5.32 Å². The fraction of sp³-hybridized carbons (Fsp3) is 0.111. The summed E-state index contributed by atoms with van der Waals surface area (Å²) in [5.41, 5.74) is 3.79. The highest BCUT2D eigenvalue weighted by atomic mass is 32.2. The Labute approximate surface area is 138 Å². The second-order valence-corrected chi connectivity index (χ2v) is 6.35. The van der Waals surface area contributed by atoms with Gasteiger partial charge in [-0.2, -0.15) is 0 Å². The topological polar surface area (TPSA) is 41.5 Å². The highest BCUT2D eigenvalue weighted by molar-refractivity contribution is 8.18. The van der Waals surface area contributed by atoms with E-state index in [-0.39, 0.29) is 11.7 Å². The zero-order chi connectivity index (χ0) is 16.4. The van der Waals surface area contributed by atoms with Gasteiger partial charge in [-0.05, 0) is 66.6 Å². The second-order valence-electron chi connectivity index (χ2n) is 5.32.